The van der Waals surface area contributed by atoms with Gasteiger partial charge in [0.1, 0.15) is 0 Å². The molecule has 0 aromatic heterocycles. The van der Waals surface area contributed by atoms with E-state index in [1.807, 2.05) is 0 Å². The highest BCUT2D eigenvalue weighted by atomic mass is 19.3. The topological polar surface area (TPSA) is 24.7 Å². The quantitative estimate of drug-likeness (QED) is 0.510. The lowest BCUT2D eigenvalue weighted by molar-refractivity contribution is 0.224. The van der Waals surface area contributed by atoms with E-state index in [9.17, 15) is 8.78 Å². The zero-order chi connectivity index (χ0) is 6.85. The Kier molecular flexibility index (Phi) is 1.55. The van der Waals surface area contributed by atoms with Crippen LogP contribution in [0.1, 0.15) is 6.92 Å². The molecule has 0 radical (unpaired) electrons. The fraction of sp³-hybridized carbons (Fsp3) is 0.600. The minimum atomic E-state index is -2.51. The standard InChI is InChI=1S/C5H6F2N2/c1-3-2-8-5(9-3)4(6)7/h4H,2H2,1H3. The Hall–Kier alpha value is -0.800. The fourth-order valence-corrected chi connectivity index (χ4v) is 0.579. The monoisotopic (exact) mass is 132 g/mol. The van der Waals surface area contributed by atoms with E-state index in [0.29, 0.717) is 12.3 Å². The van der Waals surface area contributed by atoms with E-state index in [1.54, 1.807) is 6.92 Å². The van der Waals surface area contributed by atoms with Crippen LogP contribution in [-0.2, 0) is 0 Å². The van der Waals surface area contributed by atoms with Crippen molar-refractivity contribution in [3.63, 3.8) is 0 Å². The third-order valence-corrected chi connectivity index (χ3v) is 0.970. The molecule has 1 rings (SSSR count). The highest BCUT2D eigenvalue weighted by molar-refractivity contribution is 6.04. The molecule has 0 unspecified atom stereocenters. The lowest BCUT2D eigenvalue weighted by Gasteiger charge is -1.89. The summed E-state index contributed by atoms with van der Waals surface area (Å²) in [5.41, 5.74) is 0.658. The van der Waals surface area contributed by atoms with Gasteiger partial charge in [-0.3, -0.25) is 4.99 Å². The molecule has 0 spiro atoms. The SMILES string of the molecule is CC1=NC(C(F)F)=NC1. The second-order valence-corrected chi connectivity index (χ2v) is 1.82. The van der Waals surface area contributed by atoms with E-state index in [1.165, 1.54) is 0 Å². The van der Waals surface area contributed by atoms with Crippen molar-refractivity contribution in [1.82, 2.24) is 0 Å². The van der Waals surface area contributed by atoms with Crippen LogP contribution in [0, 0.1) is 0 Å². The highest BCUT2D eigenvalue weighted by Gasteiger charge is 2.15. The van der Waals surface area contributed by atoms with Gasteiger partial charge >= 0.3 is 0 Å². The molecule has 0 bridgehead atoms. The predicted octanol–water partition coefficient (Wildman–Crippen LogP) is 1.12. The van der Waals surface area contributed by atoms with Crippen LogP contribution in [-0.4, -0.2) is 24.5 Å². The van der Waals surface area contributed by atoms with Crippen molar-refractivity contribution in [3.8, 4) is 0 Å². The number of alkyl halides is 2. The lowest BCUT2D eigenvalue weighted by atomic mass is 10.4. The van der Waals surface area contributed by atoms with Crippen LogP contribution in [0.25, 0.3) is 0 Å². The third-order valence-electron chi connectivity index (χ3n) is 0.970. The molecule has 4 heteroatoms. The second-order valence-electron chi connectivity index (χ2n) is 1.82. The molecule has 0 saturated heterocycles. The van der Waals surface area contributed by atoms with Gasteiger partial charge in [-0.05, 0) is 6.92 Å². The average molecular weight is 132 g/mol. The van der Waals surface area contributed by atoms with Crippen LogP contribution in [0.15, 0.2) is 9.98 Å². The van der Waals surface area contributed by atoms with Gasteiger partial charge in [-0.1, -0.05) is 0 Å². The molecular formula is C5H6F2N2. The number of aliphatic imine (C=N–C) groups is 2. The lowest BCUT2D eigenvalue weighted by Crippen LogP contribution is -2.03. The molecule has 0 atom stereocenters. The first kappa shape index (κ1) is 6.32. The molecule has 0 saturated carbocycles. The van der Waals surface area contributed by atoms with Crippen LogP contribution in [0.5, 0.6) is 0 Å². The van der Waals surface area contributed by atoms with Crippen molar-refractivity contribution in [2.45, 2.75) is 13.3 Å². The van der Waals surface area contributed by atoms with Gasteiger partial charge in [0, 0.05) is 5.71 Å². The summed E-state index contributed by atoms with van der Waals surface area (Å²) in [6.07, 6.45) is -2.51. The van der Waals surface area contributed by atoms with Crippen LogP contribution in [0.2, 0.25) is 0 Å². The summed E-state index contributed by atoms with van der Waals surface area (Å²) < 4.78 is 23.4. The Morgan fingerprint density at radius 1 is 1.56 bits per heavy atom. The normalized spacial score (nSPS) is 18.2. The summed E-state index contributed by atoms with van der Waals surface area (Å²) in [5.74, 6) is -0.326. The molecule has 2 nitrogen and oxygen atoms in total. The fourth-order valence-electron chi connectivity index (χ4n) is 0.579. The molecule has 0 fully saturated rings. The summed E-state index contributed by atoms with van der Waals surface area (Å²) >= 11 is 0. The van der Waals surface area contributed by atoms with E-state index < -0.39 is 6.43 Å². The molecular weight excluding hydrogens is 126 g/mol. The first-order chi connectivity index (χ1) is 4.20. The predicted molar refractivity (Wildman–Crippen MR) is 31.4 cm³/mol. The molecule has 1 heterocycles. The number of amidine groups is 1. The van der Waals surface area contributed by atoms with Gasteiger partial charge in [0.15, 0.2) is 5.84 Å². The van der Waals surface area contributed by atoms with Gasteiger partial charge in [-0.25, -0.2) is 13.8 Å². The Balaban J connectivity index is 2.64. The van der Waals surface area contributed by atoms with Gasteiger partial charge in [0.2, 0.25) is 0 Å². The van der Waals surface area contributed by atoms with E-state index >= 15 is 0 Å². The van der Waals surface area contributed by atoms with Crippen LogP contribution in [0.3, 0.4) is 0 Å². The van der Waals surface area contributed by atoms with Crippen LogP contribution >= 0.6 is 0 Å². The van der Waals surface area contributed by atoms with Crippen LogP contribution in [0.4, 0.5) is 8.78 Å². The highest BCUT2D eigenvalue weighted by Crippen LogP contribution is 2.04. The Morgan fingerprint density at radius 3 is 2.44 bits per heavy atom. The second kappa shape index (κ2) is 2.21. The van der Waals surface area contributed by atoms with E-state index in [4.69, 9.17) is 0 Å². The minimum absolute atomic E-state index is 0.326. The number of hydrogen-bond acceptors (Lipinski definition) is 2. The molecule has 0 aromatic rings. The van der Waals surface area contributed by atoms with Gasteiger partial charge in [0.05, 0.1) is 6.54 Å². The third kappa shape index (κ3) is 1.31. The number of halogens is 2. The molecule has 1 aliphatic rings. The van der Waals surface area contributed by atoms with E-state index in [-0.39, 0.29) is 5.84 Å². The molecule has 0 N–H and O–H groups in total. The number of nitrogens with zero attached hydrogens (tertiary/aromatic N) is 2. The smallest absolute Gasteiger partial charge is 0.259 e. The Bertz CT molecular complexity index is 172. The maximum absolute atomic E-state index is 11.7. The van der Waals surface area contributed by atoms with Crippen molar-refractivity contribution >= 4 is 11.5 Å². The van der Waals surface area contributed by atoms with Crippen molar-refractivity contribution in [2.24, 2.45) is 9.98 Å². The summed E-state index contributed by atoms with van der Waals surface area (Å²) in [6.45, 7) is 2.01. The van der Waals surface area contributed by atoms with Gasteiger partial charge in [-0.15, -0.1) is 0 Å². The summed E-state index contributed by atoms with van der Waals surface area (Å²) in [6, 6.07) is 0. The minimum Gasteiger partial charge on any atom is -0.259 e. The van der Waals surface area contributed by atoms with E-state index in [0.717, 1.165) is 0 Å². The van der Waals surface area contributed by atoms with Crippen LogP contribution < -0.4 is 0 Å². The van der Waals surface area contributed by atoms with Gasteiger partial charge in [0.25, 0.3) is 6.43 Å². The van der Waals surface area contributed by atoms with Gasteiger partial charge in [-0.2, -0.15) is 0 Å². The van der Waals surface area contributed by atoms with Gasteiger partial charge < -0.3 is 0 Å². The Labute approximate surface area is 51.3 Å². The zero-order valence-corrected chi connectivity index (χ0v) is 4.93. The first-order valence-electron chi connectivity index (χ1n) is 2.57. The zero-order valence-electron chi connectivity index (χ0n) is 4.93. The van der Waals surface area contributed by atoms with E-state index in [2.05, 4.69) is 9.98 Å². The Morgan fingerprint density at radius 2 is 2.22 bits per heavy atom. The summed E-state index contributed by atoms with van der Waals surface area (Å²) in [7, 11) is 0. The molecule has 50 valence electrons. The molecule has 0 amide bonds. The molecule has 1 aliphatic heterocycles. The van der Waals surface area contributed by atoms with Crippen molar-refractivity contribution in [2.75, 3.05) is 6.54 Å². The summed E-state index contributed by atoms with van der Waals surface area (Å²) in [4.78, 5) is 6.98. The largest absolute Gasteiger partial charge is 0.296 e. The van der Waals surface area contributed by atoms with Crippen molar-refractivity contribution in [3.05, 3.63) is 0 Å². The first-order valence-corrected chi connectivity index (χ1v) is 2.57. The van der Waals surface area contributed by atoms with Crippen molar-refractivity contribution in [1.29, 1.82) is 0 Å². The maximum Gasteiger partial charge on any atom is 0.296 e. The number of hydrogen-bond donors (Lipinski definition) is 0. The number of rotatable bonds is 1. The molecule has 9 heavy (non-hydrogen) atoms. The van der Waals surface area contributed by atoms with Crippen molar-refractivity contribution < 1.29 is 8.78 Å². The maximum atomic E-state index is 11.7. The molecule has 0 aliphatic carbocycles. The average Bonchev–Trinajstić information content (AvgIpc) is 2.14. The summed E-state index contributed by atoms with van der Waals surface area (Å²) in [5, 5.41) is 0. The molecule has 0 aromatic carbocycles.